The highest BCUT2D eigenvalue weighted by atomic mass is 35.5. The van der Waals surface area contributed by atoms with Gasteiger partial charge in [-0.05, 0) is 12.1 Å². The Labute approximate surface area is 92.7 Å². The van der Waals surface area contributed by atoms with Gasteiger partial charge in [-0.1, -0.05) is 23.7 Å². The summed E-state index contributed by atoms with van der Waals surface area (Å²) in [6.45, 7) is 1.16. The normalized spacial score (nSPS) is 19.9. The van der Waals surface area contributed by atoms with E-state index in [9.17, 15) is 0 Å². The van der Waals surface area contributed by atoms with Crippen molar-refractivity contribution in [2.45, 2.75) is 5.79 Å². The molecule has 2 rings (SSSR count). The van der Waals surface area contributed by atoms with Crippen LogP contribution in [0.4, 0.5) is 0 Å². The van der Waals surface area contributed by atoms with Crippen LogP contribution in [0.3, 0.4) is 0 Å². The van der Waals surface area contributed by atoms with Crippen molar-refractivity contribution >= 4 is 23.2 Å². The van der Waals surface area contributed by atoms with Crippen LogP contribution in [0.25, 0.3) is 0 Å². The summed E-state index contributed by atoms with van der Waals surface area (Å²) in [6.07, 6.45) is 0. The van der Waals surface area contributed by atoms with Crippen LogP contribution in [-0.4, -0.2) is 19.1 Å². The standard InChI is InChI=1S/C10H10Cl2O2/c11-7-10(13-5-6-14-10)8-1-3-9(12)4-2-8/h1-4H,5-7H2. The number of halogens is 2. The first-order valence-electron chi connectivity index (χ1n) is 4.37. The summed E-state index contributed by atoms with van der Waals surface area (Å²) < 4.78 is 11.0. The van der Waals surface area contributed by atoms with Crippen LogP contribution in [-0.2, 0) is 15.3 Å². The molecule has 0 spiro atoms. The predicted octanol–water partition coefficient (Wildman–Crippen LogP) is 2.78. The maximum atomic E-state index is 5.86. The number of rotatable bonds is 2. The smallest absolute Gasteiger partial charge is 0.208 e. The summed E-state index contributed by atoms with van der Waals surface area (Å²) in [7, 11) is 0. The molecule has 0 N–H and O–H groups in total. The fourth-order valence-corrected chi connectivity index (χ4v) is 1.91. The molecule has 0 saturated carbocycles. The van der Waals surface area contributed by atoms with E-state index < -0.39 is 5.79 Å². The highest BCUT2D eigenvalue weighted by Crippen LogP contribution is 2.33. The highest BCUT2D eigenvalue weighted by molar-refractivity contribution is 6.30. The van der Waals surface area contributed by atoms with Crippen LogP contribution >= 0.6 is 23.2 Å². The Morgan fingerprint density at radius 1 is 1.14 bits per heavy atom. The molecule has 1 aliphatic rings. The molecule has 2 nitrogen and oxygen atoms in total. The molecule has 14 heavy (non-hydrogen) atoms. The van der Waals surface area contributed by atoms with Crippen LogP contribution in [0.2, 0.25) is 5.02 Å². The van der Waals surface area contributed by atoms with E-state index in [-0.39, 0.29) is 5.88 Å². The minimum Gasteiger partial charge on any atom is -0.342 e. The monoisotopic (exact) mass is 232 g/mol. The molecule has 1 saturated heterocycles. The lowest BCUT2D eigenvalue weighted by molar-refractivity contribution is -0.146. The predicted molar refractivity (Wildman–Crippen MR) is 55.8 cm³/mol. The van der Waals surface area contributed by atoms with E-state index in [4.69, 9.17) is 32.7 Å². The van der Waals surface area contributed by atoms with Gasteiger partial charge in [0.25, 0.3) is 0 Å². The zero-order chi connectivity index (χ0) is 10.0. The summed E-state index contributed by atoms with van der Waals surface area (Å²) in [4.78, 5) is 0. The first kappa shape index (κ1) is 10.2. The van der Waals surface area contributed by atoms with Crippen molar-refractivity contribution in [2.75, 3.05) is 19.1 Å². The molecule has 1 heterocycles. The minimum atomic E-state index is -0.772. The van der Waals surface area contributed by atoms with Crippen LogP contribution < -0.4 is 0 Å². The average Bonchev–Trinajstić information content (AvgIpc) is 2.68. The Morgan fingerprint density at radius 2 is 1.71 bits per heavy atom. The van der Waals surface area contributed by atoms with E-state index in [2.05, 4.69) is 0 Å². The molecule has 0 atom stereocenters. The lowest BCUT2D eigenvalue weighted by atomic mass is 10.1. The first-order valence-corrected chi connectivity index (χ1v) is 5.28. The molecule has 1 aromatic carbocycles. The van der Waals surface area contributed by atoms with Gasteiger partial charge in [0.05, 0.1) is 19.1 Å². The molecule has 4 heteroatoms. The summed E-state index contributed by atoms with van der Waals surface area (Å²) in [6, 6.07) is 7.35. The molecule has 1 aliphatic heterocycles. The van der Waals surface area contributed by atoms with Crippen LogP contribution in [0.5, 0.6) is 0 Å². The zero-order valence-corrected chi connectivity index (χ0v) is 9.02. The largest absolute Gasteiger partial charge is 0.342 e. The Kier molecular flexibility index (Phi) is 2.98. The van der Waals surface area contributed by atoms with Crippen molar-refractivity contribution in [1.82, 2.24) is 0 Å². The molecule has 1 aromatic rings. The van der Waals surface area contributed by atoms with Gasteiger partial charge in [-0.2, -0.15) is 0 Å². The zero-order valence-electron chi connectivity index (χ0n) is 7.50. The van der Waals surface area contributed by atoms with Crippen molar-refractivity contribution in [3.8, 4) is 0 Å². The number of hydrogen-bond donors (Lipinski definition) is 0. The SMILES string of the molecule is ClCC1(c2ccc(Cl)cc2)OCCO1. The third kappa shape index (κ3) is 1.75. The van der Waals surface area contributed by atoms with E-state index >= 15 is 0 Å². The maximum absolute atomic E-state index is 5.86. The quantitative estimate of drug-likeness (QED) is 0.731. The summed E-state index contributed by atoms with van der Waals surface area (Å²) in [5.74, 6) is -0.485. The lowest BCUT2D eigenvalue weighted by Gasteiger charge is -2.25. The highest BCUT2D eigenvalue weighted by Gasteiger charge is 2.37. The fraction of sp³-hybridized carbons (Fsp3) is 0.400. The molecule has 0 aromatic heterocycles. The van der Waals surface area contributed by atoms with Crippen molar-refractivity contribution < 1.29 is 9.47 Å². The van der Waals surface area contributed by atoms with Gasteiger partial charge in [0, 0.05) is 10.6 Å². The summed E-state index contributed by atoms with van der Waals surface area (Å²) in [5.41, 5.74) is 0.911. The topological polar surface area (TPSA) is 18.5 Å². The van der Waals surface area contributed by atoms with Gasteiger partial charge in [-0.3, -0.25) is 0 Å². The van der Waals surface area contributed by atoms with E-state index in [1.54, 1.807) is 12.1 Å². The lowest BCUT2D eigenvalue weighted by Crippen LogP contribution is -2.29. The second-order valence-electron chi connectivity index (χ2n) is 3.09. The number of alkyl halides is 1. The number of benzene rings is 1. The van der Waals surface area contributed by atoms with Gasteiger partial charge in [0.2, 0.25) is 5.79 Å². The van der Waals surface area contributed by atoms with Gasteiger partial charge in [-0.15, -0.1) is 11.6 Å². The Bertz CT molecular complexity index is 304. The molecule has 1 fully saturated rings. The van der Waals surface area contributed by atoms with Crippen LogP contribution in [0, 0.1) is 0 Å². The Morgan fingerprint density at radius 3 is 2.21 bits per heavy atom. The van der Waals surface area contributed by atoms with E-state index in [1.165, 1.54) is 0 Å². The van der Waals surface area contributed by atoms with Gasteiger partial charge in [0.15, 0.2) is 0 Å². The molecular weight excluding hydrogens is 223 g/mol. The molecule has 0 amide bonds. The van der Waals surface area contributed by atoms with E-state index in [0.717, 1.165) is 5.56 Å². The van der Waals surface area contributed by atoms with Crippen LogP contribution in [0.15, 0.2) is 24.3 Å². The average molecular weight is 233 g/mol. The van der Waals surface area contributed by atoms with Gasteiger partial charge >= 0.3 is 0 Å². The third-order valence-corrected chi connectivity index (χ3v) is 2.82. The first-order chi connectivity index (χ1) is 6.77. The van der Waals surface area contributed by atoms with Crippen molar-refractivity contribution in [3.63, 3.8) is 0 Å². The Balaban J connectivity index is 2.31. The Hall–Kier alpha value is -0.280. The van der Waals surface area contributed by atoms with E-state index in [0.29, 0.717) is 18.2 Å². The van der Waals surface area contributed by atoms with Crippen molar-refractivity contribution in [1.29, 1.82) is 0 Å². The van der Waals surface area contributed by atoms with Gasteiger partial charge in [-0.25, -0.2) is 0 Å². The summed E-state index contributed by atoms with van der Waals surface area (Å²) >= 11 is 11.6. The van der Waals surface area contributed by atoms with Crippen LogP contribution in [0.1, 0.15) is 5.56 Å². The second kappa shape index (κ2) is 4.07. The summed E-state index contributed by atoms with van der Waals surface area (Å²) in [5, 5.41) is 0.691. The van der Waals surface area contributed by atoms with Gasteiger partial charge in [0.1, 0.15) is 0 Å². The molecule has 0 unspecified atom stereocenters. The van der Waals surface area contributed by atoms with E-state index in [1.807, 2.05) is 12.1 Å². The maximum Gasteiger partial charge on any atom is 0.208 e. The molecule has 0 bridgehead atoms. The molecule has 0 aliphatic carbocycles. The van der Waals surface area contributed by atoms with Crippen molar-refractivity contribution in [2.24, 2.45) is 0 Å². The van der Waals surface area contributed by atoms with Crippen molar-refractivity contribution in [3.05, 3.63) is 34.9 Å². The minimum absolute atomic E-state index is 0.286. The molecule has 0 radical (unpaired) electrons. The third-order valence-electron chi connectivity index (χ3n) is 2.21. The molecule has 76 valence electrons. The van der Waals surface area contributed by atoms with Gasteiger partial charge < -0.3 is 9.47 Å². The number of ether oxygens (including phenoxy) is 2. The second-order valence-corrected chi connectivity index (χ2v) is 3.79. The number of hydrogen-bond acceptors (Lipinski definition) is 2. The molecular formula is C10H10Cl2O2. The fourth-order valence-electron chi connectivity index (χ4n) is 1.48.